The maximum atomic E-state index is 11.1. The fourth-order valence-electron chi connectivity index (χ4n) is 1.70. The minimum atomic E-state index is -0.440. The lowest BCUT2D eigenvalue weighted by Crippen LogP contribution is -2.07. The second-order valence-corrected chi connectivity index (χ2v) is 4.70. The van der Waals surface area contributed by atoms with E-state index in [2.05, 4.69) is 10.3 Å². The highest BCUT2D eigenvalue weighted by atomic mass is 32.1. The van der Waals surface area contributed by atoms with Gasteiger partial charge in [-0.2, -0.15) is 0 Å². The van der Waals surface area contributed by atoms with Gasteiger partial charge in [0, 0.05) is 24.5 Å². The van der Waals surface area contributed by atoms with E-state index in [1.165, 1.54) is 7.11 Å². The van der Waals surface area contributed by atoms with Crippen LogP contribution < -0.4 is 10.1 Å². The number of nitrogens with one attached hydrogen (secondary N) is 1. The van der Waals surface area contributed by atoms with Gasteiger partial charge in [0.25, 0.3) is 0 Å². The lowest BCUT2D eigenvalue weighted by molar-refractivity contribution is -0.384. The van der Waals surface area contributed by atoms with Gasteiger partial charge in [-0.05, 0) is 12.1 Å². The van der Waals surface area contributed by atoms with Crippen LogP contribution in [0.1, 0.15) is 5.01 Å². The summed E-state index contributed by atoms with van der Waals surface area (Å²) in [6.45, 7) is 0.585. The number of benzene rings is 1. The van der Waals surface area contributed by atoms with Gasteiger partial charge in [-0.15, -0.1) is 11.3 Å². The Bertz CT molecular complexity index is 557. The molecule has 0 aliphatic heterocycles. The molecule has 6 nitrogen and oxygen atoms in total. The van der Waals surface area contributed by atoms with Crippen molar-refractivity contribution in [2.75, 3.05) is 19.0 Å². The zero-order valence-electron chi connectivity index (χ0n) is 10.3. The van der Waals surface area contributed by atoms with Crippen LogP contribution in [0.2, 0.25) is 0 Å². The Kier molecular flexibility index (Phi) is 4.30. The third-order valence-corrected chi connectivity index (χ3v) is 3.38. The number of anilines is 1. The monoisotopic (exact) mass is 279 g/mol. The van der Waals surface area contributed by atoms with E-state index in [0.29, 0.717) is 12.2 Å². The summed E-state index contributed by atoms with van der Waals surface area (Å²) in [7, 11) is 1.42. The highest BCUT2D eigenvalue weighted by molar-refractivity contribution is 7.09. The van der Waals surface area contributed by atoms with Crippen LogP contribution in [0, 0.1) is 10.1 Å². The number of nitrogens with zero attached hydrogens (tertiary/aromatic N) is 2. The minimum absolute atomic E-state index is 0.0378. The van der Waals surface area contributed by atoms with Crippen molar-refractivity contribution in [1.29, 1.82) is 0 Å². The molecule has 0 radical (unpaired) electrons. The highest BCUT2D eigenvalue weighted by Crippen LogP contribution is 2.34. The Morgan fingerprint density at radius 2 is 2.37 bits per heavy atom. The molecule has 0 amide bonds. The van der Waals surface area contributed by atoms with Crippen molar-refractivity contribution < 1.29 is 9.66 Å². The van der Waals surface area contributed by atoms with Crippen molar-refractivity contribution in [2.24, 2.45) is 0 Å². The van der Waals surface area contributed by atoms with Gasteiger partial charge in [-0.25, -0.2) is 4.98 Å². The van der Waals surface area contributed by atoms with Crippen LogP contribution in [-0.4, -0.2) is 23.6 Å². The van der Waals surface area contributed by atoms with Crippen LogP contribution in [0.4, 0.5) is 11.4 Å². The van der Waals surface area contributed by atoms with Gasteiger partial charge in [0.15, 0.2) is 5.75 Å². The summed E-state index contributed by atoms with van der Waals surface area (Å²) >= 11 is 1.57. The molecule has 0 unspecified atom stereocenters. The number of hydrogen-bond donors (Lipinski definition) is 1. The lowest BCUT2D eigenvalue weighted by atomic mass is 10.2. The average molecular weight is 279 g/mol. The van der Waals surface area contributed by atoms with Crippen LogP contribution in [-0.2, 0) is 6.42 Å². The summed E-state index contributed by atoms with van der Waals surface area (Å²) in [5.41, 5.74) is 0.421. The average Bonchev–Trinajstić information content (AvgIpc) is 2.91. The molecule has 1 N–H and O–H groups in total. The van der Waals surface area contributed by atoms with Crippen LogP contribution in [0.15, 0.2) is 29.8 Å². The fraction of sp³-hybridized carbons (Fsp3) is 0.250. The SMILES string of the molecule is COc1cccc(NCCc2nccs2)c1[N+](=O)[O-]. The number of hydrogen-bond acceptors (Lipinski definition) is 6. The van der Waals surface area contributed by atoms with E-state index in [1.807, 2.05) is 5.38 Å². The van der Waals surface area contributed by atoms with Crippen molar-refractivity contribution in [1.82, 2.24) is 4.98 Å². The van der Waals surface area contributed by atoms with E-state index < -0.39 is 4.92 Å². The van der Waals surface area contributed by atoms with E-state index in [9.17, 15) is 10.1 Å². The third-order valence-electron chi connectivity index (χ3n) is 2.54. The summed E-state index contributed by atoms with van der Waals surface area (Å²) in [6, 6.07) is 4.96. The van der Waals surface area contributed by atoms with E-state index >= 15 is 0 Å². The van der Waals surface area contributed by atoms with Crippen LogP contribution in [0.25, 0.3) is 0 Å². The molecule has 1 aromatic carbocycles. The second kappa shape index (κ2) is 6.14. The number of para-hydroxylation sites is 1. The zero-order chi connectivity index (χ0) is 13.7. The quantitative estimate of drug-likeness (QED) is 0.649. The number of thiazole rings is 1. The topological polar surface area (TPSA) is 77.3 Å². The molecular weight excluding hydrogens is 266 g/mol. The molecule has 7 heteroatoms. The maximum absolute atomic E-state index is 11.1. The summed E-state index contributed by atoms with van der Waals surface area (Å²) in [6.07, 6.45) is 2.47. The fourth-order valence-corrected chi connectivity index (χ4v) is 2.32. The first-order chi connectivity index (χ1) is 9.22. The predicted molar refractivity (Wildman–Crippen MR) is 74.0 cm³/mol. The number of nitro groups is 1. The summed E-state index contributed by atoms with van der Waals surface area (Å²) in [5.74, 6) is 0.254. The van der Waals surface area contributed by atoms with Crippen LogP contribution in [0.3, 0.4) is 0 Å². The number of ether oxygens (including phenoxy) is 1. The molecule has 0 saturated carbocycles. The first kappa shape index (κ1) is 13.3. The second-order valence-electron chi connectivity index (χ2n) is 3.72. The summed E-state index contributed by atoms with van der Waals surface area (Å²) in [5, 5.41) is 17.0. The van der Waals surface area contributed by atoms with E-state index in [4.69, 9.17) is 4.74 Å². The van der Waals surface area contributed by atoms with Gasteiger partial charge in [0.1, 0.15) is 5.69 Å². The molecule has 1 heterocycles. The van der Waals surface area contributed by atoms with Crippen molar-refractivity contribution >= 4 is 22.7 Å². The lowest BCUT2D eigenvalue weighted by Gasteiger charge is -2.08. The van der Waals surface area contributed by atoms with Crippen LogP contribution in [0.5, 0.6) is 5.75 Å². The minimum Gasteiger partial charge on any atom is -0.490 e. The predicted octanol–water partition coefficient (Wildman–Crippen LogP) is 2.71. The van der Waals surface area contributed by atoms with Gasteiger partial charge in [-0.1, -0.05) is 6.07 Å². The normalized spacial score (nSPS) is 10.2. The molecule has 2 rings (SSSR count). The molecular formula is C12H13N3O3S. The molecule has 0 spiro atoms. The van der Waals surface area contributed by atoms with E-state index in [1.54, 1.807) is 35.7 Å². The molecule has 0 aliphatic rings. The molecule has 2 aromatic rings. The largest absolute Gasteiger partial charge is 0.490 e. The number of nitro benzene ring substituents is 1. The summed E-state index contributed by atoms with van der Waals surface area (Å²) in [4.78, 5) is 14.8. The number of methoxy groups -OCH3 is 1. The maximum Gasteiger partial charge on any atom is 0.333 e. The van der Waals surface area contributed by atoms with Crippen molar-refractivity contribution in [2.45, 2.75) is 6.42 Å². The zero-order valence-corrected chi connectivity index (χ0v) is 11.1. The van der Waals surface area contributed by atoms with Gasteiger partial charge in [-0.3, -0.25) is 10.1 Å². The number of aromatic nitrogens is 1. The van der Waals surface area contributed by atoms with Crippen LogP contribution >= 0.6 is 11.3 Å². The Balaban J connectivity index is 2.09. The van der Waals surface area contributed by atoms with E-state index in [-0.39, 0.29) is 11.4 Å². The van der Waals surface area contributed by atoms with Crippen molar-refractivity contribution in [3.8, 4) is 5.75 Å². The molecule has 0 saturated heterocycles. The van der Waals surface area contributed by atoms with Gasteiger partial charge < -0.3 is 10.1 Å². The molecule has 1 aromatic heterocycles. The van der Waals surface area contributed by atoms with Crippen molar-refractivity contribution in [3.63, 3.8) is 0 Å². The standard InChI is InChI=1S/C12H13N3O3S/c1-18-10-4-2-3-9(12(10)15(16)17)13-6-5-11-14-7-8-19-11/h2-4,7-8,13H,5-6H2,1H3. The molecule has 0 aliphatic carbocycles. The Morgan fingerprint density at radius 3 is 3.00 bits per heavy atom. The highest BCUT2D eigenvalue weighted by Gasteiger charge is 2.19. The molecule has 0 atom stereocenters. The molecule has 19 heavy (non-hydrogen) atoms. The van der Waals surface area contributed by atoms with Gasteiger partial charge in [0.05, 0.1) is 17.0 Å². The van der Waals surface area contributed by atoms with Gasteiger partial charge in [0.2, 0.25) is 0 Å². The van der Waals surface area contributed by atoms with Gasteiger partial charge >= 0.3 is 5.69 Å². The Labute approximate surface area is 114 Å². The smallest absolute Gasteiger partial charge is 0.333 e. The molecule has 100 valence electrons. The van der Waals surface area contributed by atoms with E-state index in [0.717, 1.165) is 11.4 Å². The molecule has 0 bridgehead atoms. The molecule has 0 fully saturated rings. The summed E-state index contributed by atoms with van der Waals surface area (Å²) < 4.78 is 5.01. The first-order valence-electron chi connectivity index (χ1n) is 5.66. The number of rotatable bonds is 6. The third kappa shape index (κ3) is 3.19. The van der Waals surface area contributed by atoms with Crippen molar-refractivity contribution in [3.05, 3.63) is 44.9 Å². The first-order valence-corrected chi connectivity index (χ1v) is 6.54. The Hall–Kier alpha value is -2.15. The Morgan fingerprint density at radius 1 is 1.53 bits per heavy atom.